The van der Waals surface area contributed by atoms with Crippen molar-refractivity contribution in [3.05, 3.63) is 71.3 Å². The molecule has 0 saturated carbocycles. The molecule has 1 heterocycles. The van der Waals surface area contributed by atoms with Gasteiger partial charge in [0.2, 0.25) is 5.82 Å². The highest BCUT2D eigenvalue weighted by Crippen LogP contribution is 2.30. The number of nitrogens with one attached hydrogen (secondary N) is 1. The van der Waals surface area contributed by atoms with Crippen molar-refractivity contribution in [3.8, 4) is 5.69 Å². The molecule has 2 aromatic carbocycles. The average Bonchev–Trinajstić information content (AvgIpc) is 2.99. The number of benzene rings is 2. The number of anilines is 1. The van der Waals surface area contributed by atoms with Crippen molar-refractivity contribution < 1.29 is 26.7 Å². The topological polar surface area (TPSA) is 59.8 Å². The van der Waals surface area contributed by atoms with Crippen molar-refractivity contribution in [2.75, 3.05) is 5.32 Å². The summed E-state index contributed by atoms with van der Waals surface area (Å²) < 4.78 is 66.2. The van der Waals surface area contributed by atoms with E-state index in [1.54, 1.807) is 0 Å². The van der Waals surface area contributed by atoms with E-state index in [0.717, 1.165) is 28.9 Å². The third-order valence-corrected chi connectivity index (χ3v) is 3.57. The third kappa shape index (κ3) is 3.94. The Labute approximate surface area is 149 Å². The number of carbonyl (C=O) groups excluding carboxylic acids is 1. The van der Waals surface area contributed by atoms with Gasteiger partial charge in [0, 0.05) is 6.07 Å². The van der Waals surface area contributed by atoms with Crippen LogP contribution in [0.4, 0.5) is 27.6 Å². The summed E-state index contributed by atoms with van der Waals surface area (Å²) in [6.07, 6.45) is -4.54. The molecule has 1 aromatic heterocycles. The minimum atomic E-state index is -4.54. The lowest BCUT2D eigenvalue weighted by Gasteiger charge is -2.09. The fraction of sp³-hybridized carbons (Fsp3) is 0.118. The van der Waals surface area contributed by atoms with E-state index in [4.69, 9.17) is 0 Å². The molecule has 0 aliphatic rings. The van der Waals surface area contributed by atoms with Crippen LogP contribution in [0.25, 0.3) is 5.69 Å². The Balaban J connectivity index is 1.89. The maximum Gasteiger partial charge on any atom is 0.416 e. The molecule has 0 bridgehead atoms. The van der Waals surface area contributed by atoms with E-state index in [-0.39, 0.29) is 23.0 Å². The zero-order valence-electron chi connectivity index (χ0n) is 13.7. The molecule has 0 saturated heterocycles. The molecule has 0 unspecified atom stereocenters. The number of nitrogens with zero attached hydrogens (tertiary/aromatic N) is 3. The minimum absolute atomic E-state index is 0.0573. The molecular weight excluding hydrogens is 371 g/mol. The summed E-state index contributed by atoms with van der Waals surface area (Å²) in [4.78, 5) is 16.1. The lowest BCUT2D eigenvalue weighted by atomic mass is 10.2. The van der Waals surface area contributed by atoms with E-state index >= 15 is 0 Å². The highest BCUT2D eigenvalue weighted by Gasteiger charge is 2.30. The Morgan fingerprint density at radius 1 is 1.11 bits per heavy atom. The molecule has 27 heavy (non-hydrogen) atoms. The highest BCUT2D eigenvalue weighted by atomic mass is 19.4. The van der Waals surface area contributed by atoms with Gasteiger partial charge in [0.15, 0.2) is 0 Å². The van der Waals surface area contributed by atoms with Gasteiger partial charge in [-0.15, -0.1) is 5.10 Å². The van der Waals surface area contributed by atoms with E-state index < -0.39 is 29.3 Å². The summed E-state index contributed by atoms with van der Waals surface area (Å²) >= 11 is 0. The summed E-state index contributed by atoms with van der Waals surface area (Å²) in [5, 5.41) is 6.06. The number of amides is 1. The predicted molar refractivity (Wildman–Crippen MR) is 85.4 cm³/mol. The zero-order chi connectivity index (χ0) is 19.8. The van der Waals surface area contributed by atoms with Crippen LogP contribution < -0.4 is 5.32 Å². The van der Waals surface area contributed by atoms with Crippen molar-refractivity contribution >= 4 is 11.6 Å². The molecule has 0 radical (unpaired) electrons. The molecular formula is C17H11F5N4O. The molecule has 3 rings (SSSR count). The van der Waals surface area contributed by atoms with Crippen LogP contribution >= 0.6 is 0 Å². The van der Waals surface area contributed by atoms with Crippen LogP contribution in [-0.2, 0) is 6.18 Å². The van der Waals surface area contributed by atoms with Crippen LogP contribution in [0.1, 0.15) is 22.0 Å². The lowest BCUT2D eigenvalue weighted by Crippen LogP contribution is -2.15. The van der Waals surface area contributed by atoms with Gasteiger partial charge in [-0.25, -0.2) is 18.4 Å². The second-order valence-electron chi connectivity index (χ2n) is 5.52. The molecule has 10 heteroatoms. The van der Waals surface area contributed by atoms with Gasteiger partial charge in [-0.1, -0.05) is 6.07 Å². The molecule has 0 atom stereocenters. The average molecular weight is 382 g/mol. The first kappa shape index (κ1) is 18.5. The number of hydrogen-bond acceptors (Lipinski definition) is 3. The monoisotopic (exact) mass is 382 g/mol. The van der Waals surface area contributed by atoms with E-state index in [0.29, 0.717) is 6.07 Å². The van der Waals surface area contributed by atoms with E-state index in [1.165, 1.54) is 19.1 Å². The van der Waals surface area contributed by atoms with Crippen LogP contribution in [0.3, 0.4) is 0 Å². The van der Waals surface area contributed by atoms with E-state index in [9.17, 15) is 26.7 Å². The number of alkyl halides is 3. The molecule has 3 aromatic rings. The van der Waals surface area contributed by atoms with Gasteiger partial charge in [0.25, 0.3) is 5.91 Å². The van der Waals surface area contributed by atoms with E-state index in [1.807, 2.05) is 0 Å². The number of halogens is 5. The number of hydrogen-bond donors (Lipinski definition) is 1. The Morgan fingerprint density at radius 3 is 2.52 bits per heavy atom. The van der Waals surface area contributed by atoms with Crippen molar-refractivity contribution in [1.29, 1.82) is 0 Å². The summed E-state index contributed by atoms with van der Waals surface area (Å²) in [6, 6.07) is 6.92. The smallest absolute Gasteiger partial charge is 0.317 e. The molecule has 5 nitrogen and oxygen atoms in total. The van der Waals surface area contributed by atoms with E-state index in [2.05, 4.69) is 15.4 Å². The Morgan fingerprint density at radius 2 is 1.85 bits per heavy atom. The first-order chi connectivity index (χ1) is 12.6. The molecule has 0 aliphatic carbocycles. The predicted octanol–water partition coefficient (Wildman–Crippen LogP) is 4.13. The van der Waals surface area contributed by atoms with Crippen molar-refractivity contribution in [2.24, 2.45) is 0 Å². The standard InChI is InChI=1S/C17H11F5N4O/c1-9-23-15(16(27)24-14-6-5-11(18)8-13(14)19)25-26(9)12-4-2-3-10(7-12)17(20,21)22/h2-8H,1H3,(H,24,27). The lowest BCUT2D eigenvalue weighted by molar-refractivity contribution is -0.137. The number of aryl methyl sites for hydroxylation is 1. The van der Waals surface area contributed by atoms with Gasteiger partial charge >= 0.3 is 6.18 Å². The summed E-state index contributed by atoms with van der Waals surface area (Å²) in [5.41, 5.74) is -1.11. The molecule has 0 spiro atoms. The van der Waals surface area contributed by atoms with Gasteiger partial charge in [0.05, 0.1) is 16.9 Å². The number of rotatable bonds is 3. The molecule has 1 amide bonds. The Hall–Kier alpha value is -3.30. The van der Waals surface area contributed by atoms with Crippen LogP contribution in [-0.4, -0.2) is 20.7 Å². The Bertz CT molecular complexity index is 1010. The quantitative estimate of drug-likeness (QED) is 0.693. The van der Waals surface area contributed by atoms with Crippen LogP contribution in [0.2, 0.25) is 0 Å². The largest absolute Gasteiger partial charge is 0.416 e. The highest BCUT2D eigenvalue weighted by molar-refractivity contribution is 6.01. The number of aromatic nitrogens is 3. The summed E-state index contributed by atoms with van der Waals surface area (Å²) in [7, 11) is 0. The third-order valence-electron chi connectivity index (χ3n) is 3.57. The minimum Gasteiger partial charge on any atom is -0.317 e. The molecule has 0 aliphatic heterocycles. The second-order valence-corrected chi connectivity index (χ2v) is 5.52. The van der Waals surface area contributed by atoms with Gasteiger partial charge < -0.3 is 5.32 Å². The second kappa shape index (κ2) is 6.78. The maximum atomic E-state index is 13.6. The Kier molecular flexibility index (Phi) is 4.64. The molecule has 1 N–H and O–H groups in total. The maximum absolute atomic E-state index is 13.6. The first-order valence-electron chi connectivity index (χ1n) is 7.53. The first-order valence-corrected chi connectivity index (χ1v) is 7.53. The zero-order valence-corrected chi connectivity index (χ0v) is 13.7. The van der Waals surface area contributed by atoms with Crippen LogP contribution in [0, 0.1) is 18.6 Å². The van der Waals surface area contributed by atoms with Crippen molar-refractivity contribution in [3.63, 3.8) is 0 Å². The van der Waals surface area contributed by atoms with Gasteiger partial charge in [-0.3, -0.25) is 4.79 Å². The summed E-state index contributed by atoms with van der Waals surface area (Å²) in [5.74, 6) is -2.92. The van der Waals surface area contributed by atoms with Crippen LogP contribution in [0.5, 0.6) is 0 Å². The number of carbonyl (C=O) groups is 1. The van der Waals surface area contributed by atoms with Crippen molar-refractivity contribution in [2.45, 2.75) is 13.1 Å². The summed E-state index contributed by atoms with van der Waals surface area (Å²) in [6.45, 7) is 1.45. The normalized spacial score (nSPS) is 11.5. The molecule has 0 fully saturated rings. The van der Waals surface area contributed by atoms with Gasteiger partial charge in [0.1, 0.15) is 17.5 Å². The van der Waals surface area contributed by atoms with Gasteiger partial charge in [-0.05, 0) is 37.3 Å². The van der Waals surface area contributed by atoms with Crippen molar-refractivity contribution in [1.82, 2.24) is 14.8 Å². The fourth-order valence-electron chi connectivity index (χ4n) is 2.31. The SMILES string of the molecule is Cc1nc(C(=O)Nc2ccc(F)cc2F)nn1-c1cccc(C(F)(F)F)c1. The fourth-order valence-corrected chi connectivity index (χ4v) is 2.31. The van der Waals surface area contributed by atoms with Crippen LogP contribution in [0.15, 0.2) is 42.5 Å². The molecule has 140 valence electrons. The van der Waals surface area contributed by atoms with Gasteiger partial charge in [-0.2, -0.15) is 13.2 Å².